The maximum absolute atomic E-state index is 13.0. The third-order valence-electron chi connectivity index (χ3n) is 4.21. The molecule has 0 N–H and O–H groups in total. The summed E-state index contributed by atoms with van der Waals surface area (Å²) in [6, 6.07) is 14.9. The van der Waals surface area contributed by atoms with Gasteiger partial charge in [-0.05, 0) is 36.8 Å². The number of carbonyl (C=O) groups excluding carboxylic acids is 1. The van der Waals surface area contributed by atoms with Gasteiger partial charge in [0.25, 0.3) is 5.91 Å². The highest BCUT2D eigenvalue weighted by molar-refractivity contribution is 6.32. The molecule has 2 aromatic carbocycles. The van der Waals surface area contributed by atoms with E-state index in [-0.39, 0.29) is 11.7 Å². The van der Waals surface area contributed by atoms with Crippen LogP contribution >= 0.6 is 11.6 Å². The van der Waals surface area contributed by atoms with Crippen molar-refractivity contribution >= 4 is 17.5 Å². The molecule has 0 aliphatic carbocycles. The number of hydrogen-bond donors (Lipinski definition) is 0. The average molecular weight is 397 g/mol. The molecule has 144 valence electrons. The number of aromatic nitrogens is 3. The van der Waals surface area contributed by atoms with Crippen molar-refractivity contribution in [3.05, 3.63) is 83.4 Å². The number of ether oxygens (including phenoxy) is 1. The molecule has 1 amide bonds. The highest BCUT2D eigenvalue weighted by Gasteiger charge is 2.22. The van der Waals surface area contributed by atoms with Crippen LogP contribution in [0.5, 0.6) is 5.75 Å². The third-order valence-corrected chi connectivity index (χ3v) is 4.53. The van der Waals surface area contributed by atoms with Crippen LogP contribution in [-0.2, 0) is 6.54 Å². The van der Waals surface area contributed by atoms with E-state index in [1.165, 1.54) is 0 Å². The quantitative estimate of drug-likeness (QED) is 0.565. The van der Waals surface area contributed by atoms with Crippen LogP contribution < -0.4 is 4.74 Å². The van der Waals surface area contributed by atoms with E-state index in [0.29, 0.717) is 29.6 Å². The number of hydrogen-bond acceptors (Lipinski definition) is 4. The van der Waals surface area contributed by atoms with E-state index in [1.54, 1.807) is 35.8 Å². The highest BCUT2D eigenvalue weighted by Crippen LogP contribution is 2.21. The van der Waals surface area contributed by atoms with Gasteiger partial charge >= 0.3 is 0 Å². The maximum atomic E-state index is 13.0. The Kier molecular flexibility index (Phi) is 6.11. The fraction of sp³-hybridized carbons (Fsp3) is 0.190. The number of nitrogens with zero attached hydrogens (tertiary/aromatic N) is 4. The van der Waals surface area contributed by atoms with Gasteiger partial charge in [-0.3, -0.25) is 4.79 Å². The number of carbonyl (C=O) groups is 1. The van der Waals surface area contributed by atoms with Crippen molar-refractivity contribution in [2.75, 3.05) is 13.7 Å². The molecular formula is C21H21ClN4O2. The molecule has 0 aliphatic rings. The van der Waals surface area contributed by atoms with Crippen molar-refractivity contribution in [1.29, 1.82) is 0 Å². The van der Waals surface area contributed by atoms with Crippen LogP contribution in [0.4, 0.5) is 0 Å². The minimum Gasteiger partial charge on any atom is -0.497 e. The molecule has 0 spiro atoms. The lowest BCUT2D eigenvalue weighted by Crippen LogP contribution is -2.31. The minimum atomic E-state index is -0.273. The molecular weight excluding hydrogens is 376 g/mol. The molecule has 6 nitrogen and oxygen atoms in total. The number of aryl methyl sites for hydroxylation is 1. The van der Waals surface area contributed by atoms with Gasteiger partial charge in [0.1, 0.15) is 11.6 Å². The Morgan fingerprint density at radius 3 is 2.61 bits per heavy atom. The molecule has 0 atom stereocenters. The summed E-state index contributed by atoms with van der Waals surface area (Å²) >= 11 is 6.26. The van der Waals surface area contributed by atoms with E-state index in [9.17, 15) is 4.79 Å². The first-order chi connectivity index (χ1) is 13.5. The van der Waals surface area contributed by atoms with E-state index >= 15 is 0 Å². The fourth-order valence-corrected chi connectivity index (χ4v) is 3.02. The van der Waals surface area contributed by atoms with Gasteiger partial charge in [-0.15, -0.1) is 11.7 Å². The van der Waals surface area contributed by atoms with Gasteiger partial charge in [-0.25, -0.2) is 9.67 Å². The molecule has 7 heteroatoms. The highest BCUT2D eigenvalue weighted by atomic mass is 35.5. The molecule has 0 saturated carbocycles. The second-order valence-corrected chi connectivity index (χ2v) is 6.58. The van der Waals surface area contributed by atoms with E-state index in [2.05, 4.69) is 16.7 Å². The first kappa shape index (κ1) is 19.6. The molecule has 0 radical (unpaired) electrons. The number of rotatable bonds is 7. The van der Waals surface area contributed by atoms with Crippen molar-refractivity contribution in [3.63, 3.8) is 0 Å². The predicted molar refractivity (Wildman–Crippen MR) is 109 cm³/mol. The van der Waals surface area contributed by atoms with Crippen molar-refractivity contribution in [3.8, 4) is 11.4 Å². The Morgan fingerprint density at radius 2 is 1.96 bits per heavy atom. The number of amides is 1. The Balaban J connectivity index is 1.86. The van der Waals surface area contributed by atoms with E-state index < -0.39 is 0 Å². The van der Waals surface area contributed by atoms with E-state index in [4.69, 9.17) is 16.3 Å². The zero-order chi connectivity index (χ0) is 20.1. The number of benzene rings is 2. The maximum Gasteiger partial charge on any atom is 0.294 e. The SMILES string of the molecule is C=CCN(Cc1ccc(OC)cc1)C(=O)c1nc(C)n(-c2ccccc2Cl)n1. The van der Waals surface area contributed by atoms with Crippen molar-refractivity contribution in [2.45, 2.75) is 13.5 Å². The first-order valence-electron chi connectivity index (χ1n) is 8.75. The summed E-state index contributed by atoms with van der Waals surface area (Å²) in [6.45, 7) is 6.33. The summed E-state index contributed by atoms with van der Waals surface area (Å²) < 4.78 is 6.75. The molecule has 3 aromatic rings. The van der Waals surface area contributed by atoms with Crippen LogP contribution in [0.3, 0.4) is 0 Å². The average Bonchev–Trinajstić information content (AvgIpc) is 3.09. The van der Waals surface area contributed by atoms with E-state index in [0.717, 1.165) is 11.3 Å². The summed E-state index contributed by atoms with van der Waals surface area (Å²) in [4.78, 5) is 19.0. The minimum absolute atomic E-state index is 0.118. The molecule has 3 rings (SSSR count). The van der Waals surface area contributed by atoms with Crippen LogP contribution in [0.15, 0.2) is 61.2 Å². The standard InChI is InChI=1S/C21H21ClN4O2/c1-4-13-25(14-16-9-11-17(28-3)12-10-16)21(27)20-23-15(2)26(24-20)19-8-6-5-7-18(19)22/h4-12H,1,13-14H2,2-3H3. The van der Waals surface area contributed by atoms with Crippen LogP contribution in [0.1, 0.15) is 22.0 Å². The lowest BCUT2D eigenvalue weighted by atomic mass is 10.2. The normalized spacial score (nSPS) is 10.5. The lowest BCUT2D eigenvalue weighted by Gasteiger charge is -2.19. The van der Waals surface area contributed by atoms with Gasteiger partial charge in [0.15, 0.2) is 0 Å². The van der Waals surface area contributed by atoms with Gasteiger partial charge in [0.2, 0.25) is 5.82 Å². The smallest absolute Gasteiger partial charge is 0.294 e. The summed E-state index contributed by atoms with van der Waals surface area (Å²) in [7, 11) is 1.62. The Hall–Kier alpha value is -3.12. The lowest BCUT2D eigenvalue weighted by molar-refractivity contribution is 0.0750. The second-order valence-electron chi connectivity index (χ2n) is 6.17. The van der Waals surface area contributed by atoms with Gasteiger partial charge < -0.3 is 9.64 Å². The fourth-order valence-electron chi connectivity index (χ4n) is 2.80. The summed E-state index contributed by atoms with van der Waals surface area (Å²) in [5.41, 5.74) is 1.65. The van der Waals surface area contributed by atoms with Crippen LogP contribution in [0.25, 0.3) is 5.69 Å². The Bertz CT molecular complexity index is 982. The topological polar surface area (TPSA) is 60.2 Å². The number of para-hydroxylation sites is 1. The molecule has 28 heavy (non-hydrogen) atoms. The number of methoxy groups -OCH3 is 1. The van der Waals surface area contributed by atoms with Crippen LogP contribution in [-0.4, -0.2) is 39.2 Å². The van der Waals surface area contributed by atoms with Gasteiger partial charge in [-0.1, -0.05) is 41.9 Å². The monoisotopic (exact) mass is 396 g/mol. The van der Waals surface area contributed by atoms with Crippen molar-refractivity contribution in [1.82, 2.24) is 19.7 Å². The van der Waals surface area contributed by atoms with Crippen molar-refractivity contribution in [2.24, 2.45) is 0 Å². The third kappa shape index (κ3) is 4.23. The van der Waals surface area contributed by atoms with E-state index in [1.807, 2.05) is 42.5 Å². The molecule has 0 fully saturated rings. The van der Waals surface area contributed by atoms with Crippen molar-refractivity contribution < 1.29 is 9.53 Å². The zero-order valence-electron chi connectivity index (χ0n) is 15.8. The first-order valence-corrected chi connectivity index (χ1v) is 9.13. The van der Waals surface area contributed by atoms with Crippen LogP contribution in [0, 0.1) is 6.92 Å². The molecule has 0 bridgehead atoms. The molecule has 1 aromatic heterocycles. The number of halogens is 1. The predicted octanol–water partition coefficient (Wildman–Crippen LogP) is 4.07. The Morgan fingerprint density at radius 1 is 1.25 bits per heavy atom. The van der Waals surface area contributed by atoms with Gasteiger partial charge in [-0.2, -0.15) is 0 Å². The molecule has 0 saturated heterocycles. The van der Waals surface area contributed by atoms with Crippen LogP contribution in [0.2, 0.25) is 5.02 Å². The molecule has 0 unspecified atom stereocenters. The molecule has 1 heterocycles. The van der Waals surface area contributed by atoms with Gasteiger partial charge in [0.05, 0.1) is 17.8 Å². The van der Waals surface area contributed by atoms with Gasteiger partial charge in [0, 0.05) is 13.1 Å². The summed E-state index contributed by atoms with van der Waals surface area (Å²) in [5.74, 6) is 1.19. The molecule has 0 aliphatic heterocycles. The summed E-state index contributed by atoms with van der Waals surface area (Å²) in [6.07, 6.45) is 1.68. The largest absolute Gasteiger partial charge is 0.497 e. The Labute approximate surface area is 169 Å². The zero-order valence-corrected chi connectivity index (χ0v) is 16.6. The summed E-state index contributed by atoms with van der Waals surface area (Å²) in [5, 5.41) is 4.93. The second kappa shape index (κ2) is 8.71.